The fraction of sp³-hybridized carbons (Fsp3) is 0.125. The van der Waals surface area contributed by atoms with Gasteiger partial charge in [0.05, 0.1) is 5.75 Å². The van der Waals surface area contributed by atoms with Gasteiger partial charge in [0.2, 0.25) is 5.91 Å². The van der Waals surface area contributed by atoms with Crippen LogP contribution in [0.25, 0.3) is 0 Å². The van der Waals surface area contributed by atoms with Crippen molar-refractivity contribution < 1.29 is 18.4 Å². The summed E-state index contributed by atoms with van der Waals surface area (Å²) in [5.41, 5.74) is 5.22. The summed E-state index contributed by atoms with van der Waals surface area (Å²) >= 11 is 1.31. The highest BCUT2D eigenvalue weighted by Gasteiger charge is 2.10. The van der Waals surface area contributed by atoms with Gasteiger partial charge in [0.1, 0.15) is 11.6 Å². The summed E-state index contributed by atoms with van der Waals surface area (Å²) in [6, 6.07) is 10.1. The minimum Gasteiger partial charge on any atom is -0.272 e. The van der Waals surface area contributed by atoms with Crippen LogP contribution < -0.4 is 10.9 Å². The highest BCUT2D eigenvalue weighted by atomic mass is 32.2. The number of hydrogen-bond donors (Lipinski definition) is 2. The van der Waals surface area contributed by atoms with E-state index in [0.717, 1.165) is 22.6 Å². The quantitative estimate of drug-likeness (QED) is 0.667. The summed E-state index contributed by atoms with van der Waals surface area (Å²) in [6.45, 7) is 1.96. The number of thioether (sulfide) groups is 1. The lowest BCUT2D eigenvalue weighted by atomic mass is 10.2. The van der Waals surface area contributed by atoms with Crippen molar-refractivity contribution in [2.45, 2.75) is 11.8 Å². The standard InChI is InChI=1S/C16H14F2N2O2S/c1-10-2-4-14(5-3-10)23-9-15(21)19-20-16(22)11-6-12(17)8-13(18)7-11/h2-8H,9H2,1H3,(H,19,21)(H,20,22). The minimum atomic E-state index is -0.864. The number of rotatable bonds is 4. The number of nitrogens with one attached hydrogen (secondary N) is 2. The average molecular weight is 336 g/mol. The monoisotopic (exact) mass is 336 g/mol. The first-order chi connectivity index (χ1) is 10.9. The fourth-order valence-corrected chi connectivity index (χ4v) is 2.40. The second-order valence-corrected chi connectivity index (χ2v) is 5.81. The molecule has 0 heterocycles. The number of carbonyl (C=O) groups is 2. The summed E-state index contributed by atoms with van der Waals surface area (Å²) in [6.07, 6.45) is 0. The van der Waals surface area contributed by atoms with Gasteiger partial charge in [-0.15, -0.1) is 11.8 Å². The maximum atomic E-state index is 13.0. The number of halogens is 2. The molecule has 0 aliphatic heterocycles. The van der Waals surface area contributed by atoms with Gasteiger partial charge in [-0.2, -0.15) is 0 Å². The molecule has 2 N–H and O–H groups in total. The van der Waals surface area contributed by atoms with Gasteiger partial charge >= 0.3 is 0 Å². The van der Waals surface area contributed by atoms with Crippen molar-refractivity contribution in [3.63, 3.8) is 0 Å². The van der Waals surface area contributed by atoms with E-state index in [0.29, 0.717) is 6.07 Å². The van der Waals surface area contributed by atoms with Crippen LogP contribution in [0.2, 0.25) is 0 Å². The van der Waals surface area contributed by atoms with Crippen LogP contribution in [0.1, 0.15) is 15.9 Å². The molecule has 0 spiro atoms. The van der Waals surface area contributed by atoms with Crippen molar-refractivity contribution in [2.75, 3.05) is 5.75 Å². The van der Waals surface area contributed by atoms with Crippen LogP contribution in [0.15, 0.2) is 47.4 Å². The van der Waals surface area contributed by atoms with Crippen LogP contribution in [0.5, 0.6) is 0 Å². The molecule has 0 radical (unpaired) electrons. The maximum Gasteiger partial charge on any atom is 0.269 e. The third kappa shape index (κ3) is 5.37. The smallest absolute Gasteiger partial charge is 0.269 e. The van der Waals surface area contributed by atoms with Crippen molar-refractivity contribution in [3.8, 4) is 0 Å². The highest BCUT2D eigenvalue weighted by Crippen LogP contribution is 2.17. The van der Waals surface area contributed by atoms with Crippen LogP contribution in [0, 0.1) is 18.6 Å². The number of benzene rings is 2. The predicted octanol–water partition coefficient (Wildman–Crippen LogP) is 2.83. The average Bonchev–Trinajstić information content (AvgIpc) is 2.51. The van der Waals surface area contributed by atoms with Crippen molar-refractivity contribution >= 4 is 23.6 Å². The lowest BCUT2D eigenvalue weighted by Gasteiger charge is -2.07. The topological polar surface area (TPSA) is 58.2 Å². The van der Waals surface area contributed by atoms with Crippen molar-refractivity contribution in [1.82, 2.24) is 10.9 Å². The lowest BCUT2D eigenvalue weighted by Crippen LogP contribution is -2.42. The summed E-state index contributed by atoms with van der Waals surface area (Å²) in [5, 5.41) is 0. The molecule has 23 heavy (non-hydrogen) atoms. The molecule has 0 aromatic heterocycles. The molecule has 0 fully saturated rings. The Balaban J connectivity index is 1.81. The van der Waals surface area contributed by atoms with Crippen LogP contribution in [-0.2, 0) is 4.79 Å². The van der Waals surface area contributed by atoms with Gasteiger partial charge in [-0.05, 0) is 31.2 Å². The molecule has 0 bridgehead atoms. The largest absolute Gasteiger partial charge is 0.272 e. The zero-order chi connectivity index (χ0) is 16.8. The molecule has 0 aliphatic carbocycles. The normalized spacial score (nSPS) is 10.2. The second-order valence-electron chi connectivity index (χ2n) is 4.76. The second kappa shape index (κ2) is 7.73. The molecule has 2 aromatic rings. The van der Waals surface area contributed by atoms with Crippen LogP contribution in [-0.4, -0.2) is 17.6 Å². The predicted molar refractivity (Wildman–Crippen MR) is 83.9 cm³/mol. The summed E-state index contributed by atoms with van der Waals surface area (Å²) in [7, 11) is 0. The van der Waals surface area contributed by atoms with E-state index >= 15 is 0 Å². The van der Waals surface area contributed by atoms with Crippen molar-refractivity contribution in [2.24, 2.45) is 0 Å². The molecule has 2 rings (SSSR count). The lowest BCUT2D eigenvalue weighted by molar-refractivity contribution is -0.119. The third-order valence-electron chi connectivity index (χ3n) is 2.83. The van der Waals surface area contributed by atoms with E-state index in [1.54, 1.807) is 0 Å². The van der Waals surface area contributed by atoms with Gasteiger partial charge in [-0.25, -0.2) is 8.78 Å². The van der Waals surface area contributed by atoms with Gasteiger partial charge < -0.3 is 0 Å². The van der Waals surface area contributed by atoms with Gasteiger partial charge in [0, 0.05) is 16.5 Å². The number of aryl methyl sites for hydroxylation is 1. The zero-order valence-corrected chi connectivity index (χ0v) is 13.0. The first-order valence-electron chi connectivity index (χ1n) is 6.69. The summed E-state index contributed by atoms with van der Waals surface area (Å²) < 4.78 is 26.0. The summed E-state index contributed by atoms with van der Waals surface area (Å²) in [4.78, 5) is 24.3. The zero-order valence-electron chi connectivity index (χ0n) is 12.2. The Morgan fingerprint density at radius 3 is 2.22 bits per heavy atom. The van der Waals surface area contributed by atoms with Gasteiger partial charge in [-0.1, -0.05) is 17.7 Å². The number of hydrazine groups is 1. The van der Waals surface area contributed by atoms with Gasteiger partial charge in [0.15, 0.2) is 0 Å². The van der Waals surface area contributed by atoms with Crippen LogP contribution >= 0.6 is 11.8 Å². The number of hydrogen-bond acceptors (Lipinski definition) is 3. The Morgan fingerprint density at radius 1 is 1.00 bits per heavy atom. The third-order valence-corrected chi connectivity index (χ3v) is 3.84. The molecule has 0 atom stereocenters. The number of carbonyl (C=O) groups excluding carboxylic acids is 2. The maximum absolute atomic E-state index is 13.0. The van der Waals surface area contributed by atoms with E-state index < -0.39 is 23.4 Å². The molecule has 7 heteroatoms. The Kier molecular flexibility index (Phi) is 5.70. The minimum absolute atomic E-state index is 0.0981. The molecule has 2 aromatic carbocycles. The molecular weight excluding hydrogens is 322 g/mol. The Labute approximate surface area is 136 Å². The molecule has 0 saturated heterocycles. The molecule has 120 valence electrons. The summed E-state index contributed by atoms with van der Waals surface area (Å²) in [5.74, 6) is -2.85. The molecule has 4 nitrogen and oxygen atoms in total. The van der Waals surface area contributed by atoms with E-state index in [1.165, 1.54) is 11.8 Å². The molecule has 0 saturated carbocycles. The Hall–Kier alpha value is -2.41. The molecule has 0 aliphatic rings. The molecule has 0 unspecified atom stereocenters. The number of amides is 2. The van der Waals surface area contributed by atoms with Crippen molar-refractivity contribution in [3.05, 3.63) is 65.2 Å². The first kappa shape index (κ1) is 17.0. The van der Waals surface area contributed by atoms with E-state index in [2.05, 4.69) is 10.9 Å². The Morgan fingerprint density at radius 2 is 1.61 bits per heavy atom. The first-order valence-corrected chi connectivity index (χ1v) is 7.67. The molecule has 2 amide bonds. The van der Waals surface area contributed by atoms with Crippen LogP contribution in [0.4, 0.5) is 8.78 Å². The molecular formula is C16H14F2N2O2S. The Bertz CT molecular complexity index is 700. The van der Waals surface area contributed by atoms with E-state index in [-0.39, 0.29) is 11.3 Å². The van der Waals surface area contributed by atoms with E-state index in [1.807, 2.05) is 31.2 Å². The van der Waals surface area contributed by atoms with Crippen molar-refractivity contribution in [1.29, 1.82) is 0 Å². The highest BCUT2D eigenvalue weighted by molar-refractivity contribution is 8.00. The fourth-order valence-electron chi connectivity index (χ4n) is 1.70. The van der Waals surface area contributed by atoms with E-state index in [9.17, 15) is 18.4 Å². The van der Waals surface area contributed by atoms with Gasteiger partial charge in [0.25, 0.3) is 5.91 Å². The van der Waals surface area contributed by atoms with Gasteiger partial charge in [-0.3, -0.25) is 20.4 Å². The SMILES string of the molecule is Cc1ccc(SCC(=O)NNC(=O)c2cc(F)cc(F)c2)cc1. The van der Waals surface area contributed by atoms with E-state index in [4.69, 9.17) is 0 Å². The van der Waals surface area contributed by atoms with Crippen LogP contribution in [0.3, 0.4) is 0 Å².